The second-order valence-corrected chi connectivity index (χ2v) is 6.74. The summed E-state index contributed by atoms with van der Waals surface area (Å²) in [6.07, 6.45) is -6.05. The van der Waals surface area contributed by atoms with Crippen molar-refractivity contribution in [3.8, 4) is 17.2 Å². The van der Waals surface area contributed by atoms with Gasteiger partial charge in [0.25, 0.3) is 5.75 Å². The van der Waals surface area contributed by atoms with Gasteiger partial charge in [-0.1, -0.05) is 13.3 Å². The van der Waals surface area contributed by atoms with Crippen molar-refractivity contribution in [3.05, 3.63) is 28.6 Å². The molecule has 5 N–H and O–H groups in total. The van der Waals surface area contributed by atoms with Crippen LogP contribution in [-0.4, -0.2) is 69.5 Å². The highest BCUT2D eigenvalue weighted by Crippen LogP contribution is 2.35. The summed E-state index contributed by atoms with van der Waals surface area (Å²) >= 11 is 0. The Balaban J connectivity index is 1.88. The molecule has 10 heteroatoms. The highest BCUT2D eigenvalue weighted by molar-refractivity contribution is 5.86. The van der Waals surface area contributed by atoms with Crippen LogP contribution in [0.5, 0.6) is 17.2 Å². The summed E-state index contributed by atoms with van der Waals surface area (Å²) in [6, 6.07) is 4.54. The Kier molecular flexibility index (Phi) is 6.60. The predicted molar refractivity (Wildman–Crippen MR) is 98.9 cm³/mol. The molecule has 0 bridgehead atoms. The van der Waals surface area contributed by atoms with E-state index in [-0.39, 0.29) is 11.0 Å². The van der Waals surface area contributed by atoms with E-state index in [4.69, 9.17) is 18.6 Å². The van der Waals surface area contributed by atoms with E-state index in [2.05, 4.69) is 0 Å². The molecule has 0 amide bonds. The minimum absolute atomic E-state index is 0.0719. The van der Waals surface area contributed by atoms with E-state index >= 15 is 0 Å². The number of unbranched alkanes of at least 4 members (excludes halogenated alkanes) is 1. The molecule has 29 heavy (non-hydrogen) atoms. The van der Waals surface area contributed by atoms with Crippen LogP contribution < -0.4 is 15.1 Å². The molecule has 1 aliphatic heterocycles. The van der Waals surface area contributed by atoms with Crippen molar-refractivity contribution in [3.63, 3.8) is 0 Å². The first kappa shape index (κ1) is 21.3. The maximum atomic E-state index is 12.3. The first-order chi connectivity index (χ1) is 13.9. The number of hydrogen-bond acceptors (Lipinski definition) is 10. The van der Waals surface area contributed by atoms with Gasteiger partial charge in [0.05, 0.1) is 18.6 Å². The van der Waals surface area contributed by atoms with Gasteiger partial charge in [-0.2, -0.15) is 0 Å². The van der Waals surface area contributed by atoms with Gasteiger partial charge in [-0.25, -0.2) is 4.79 Å². The summed E-state index contributed by atoms with van der Waals surface area (Å²) in [5, 5.41) is 49.5. The minimum Gasteiger partial charge on any atom is -0.504 e. The first-order valence-electron chi connectivity index (χ1n) is 9.27. The molecule has 160 valence electrons. The highest BCUT2D eigenvalue weighted by Gasteiger charge is 2.45. The van der Waals surface area contributed by atoms with Crippen LogP contribution >= 0.6 is 0 Å². The number of aliphatic hydroxyl groups excluding tert-OH is 4. The van der Waals surface area contributed by atoms with Crippen LogP contribution in [0.2, 0.25) is 0 Å². The fraction of sp³-hybridized carbons (Fsp3) is 0.526. The normalized spacial score (nSPS) is 27.1. The molecule has 1 fully saturated rings. The van der Waals surface area contributed by atoms with Crippen LogP contribution in [0.3, 0.4) is 0 Å². The fourth-order valence-electron chi connectivity index (χ4n) is 2.96. The van der Waals surface area contributed by atoms with Crippen molar-refractivity contribution in [1.29, 1.82) is 0 Å². The average molecular weight is 412 g/mol. The number of aromatic hydroxyl groups is 1. The summed E-state index contributed by atoms with van der Waals surface area (Å²) < 4.78 is 21.2. The van der Waals surface area contributed by atoms with Crippen molar-refractivity contribution in [2.75, 3.05) is 13.2 Å². The lowest BCUT2D eigenvalue weighted by Gasteiger charge is -2.39. The first-order valence-corrected chi connectivity index (χ1v) is 9.27. The van der Waals surface area contributed by atoms with E-state index in [1.165, 1.54) is 12.1 Å². The zero-order valence-electron chi connectivity index (χ0n) is 15.7. The molecule has 0 unspecified atom stereocenters. The van der Waals surface area contributed by atoms with Gasteiger partial charge < -0.3 is 44.2 Å². The standard InChI is InChI=1S/C19H24O10/c1-2-3-6-26-9-4-5-10-11(7-9)27-18(25)17(13(10)21)29-19-16(24)15(23)14(22)12(8-20)28-19/h4-5,7,12,14-16,19-24H,2-3,6,8H2,1H3/t12-,14+,15+,16-,19+/m1/s1. The van der Waals surface area contributed by atoms with Gasteiger partial charge in [0.15, 0.2) is 5.75 Å². The quantitative estimate of drug-likeness (QED) is 0.306. The SMILES string of the molecule is CCCCOc1ccc2c(O)c(O[C@@H]3O[C@H](CO)[C@H](O)[C@H](O)[C@H]3O)c(=O)oc2c1. The van der Waals surface area contributed by atoms with E-state index < -0.39 is 54.4 Å². The molecule has 5 atom stereocenters. The van der Waals surface area contributed by atoms with Crippen LogP contribution in [-0.2, 0) is 4.74 Å². The van der Waals surface area contributed by atoms with Crippen molar-refractivity contribution in [2.24, 2.45) is 0 Å². The average Bonchev–Trinajstić information content (AvgIpc) is 2.71. The maximum absolute atomic E-state index is 12.3. The van der Waals surface area contributed by atoms with E-state index in [1.54, 1.807) is 6.07 Å². The lowest BCUT2D eigenvalue weighted by molar-refractivity contribution is -0.278. The van der Waals surface area contributed by atoms with Crippen molar-refractivity contribution < 1.29 is 44.2 Å². The summed E-state index contributed by atoms with van der Waals surface area (Å²) in [7, 11) is 0. The zero-order chi connectivity index (χ0) is 21.1. The van der Waals surface area contributed by atoms with Crippen LogP contribution in [0.4, 0.5) is 0 Å². The van der Waals surface area contributed by atoms with Crippen LogP contribution in [0.15, 0.2) is 27.4 Å². The Bertz CT molecular complexity index is 892. The van der Waals surface area contributed by atoms with Crippen LogP contribution in [0.25, 0.3) is 11.0 Å². The van der Waals surface area contributed by atoms with Gasteiger partial charge in [-0.3, -0.25) is 0 Å². The molecular formula is C19H24O10. The third kappa shape index (κ3) is 4.31. The van der Waals surface area contributed by atoms with E-state index in [9.17, 15) is 30.3 Å². The van der Waals surface area contributed by atoms with E-state index in [0.717, 1.165) is 12.8 Å². The fourth-order valence-corrected chi connectivity index (χ4v) is 2.96. The maximum Gasteiger partial charge on any atom is 0.383 e. The molecule has 0 saturated carbocycles. The molecule has 1 aromatic heterocycles. The predicted octanol–water partition coefficient (Wildman–Crippen LogP) is -0.144. The number of hydrogen-bond donors (Lipinski definition) is 5. The zero-order valence-corrected chi connectivity index (χ0v) is 15.7. The van der Waals surface area contributed by atoms with Gasteiger partial charge in [0, 0.05) is 6.07 Å². The van der Waals surface area contributed by atoms with Gasteiger partial charge in [0.2, 0.25) is 6.29 Å². The summed E-state index contributed by atoms with van der Waals surface area (Å²) in [5.41, 5.74) is -0.972. The number of ether oxygens (including phenoxy) is 3. The lowest BCUT2D eigenvalue weighted by atomic mass is 9.99. The minimum atomic E-state index is -1.74. The third-order valence-electron chi connectivity index (χ3n) is 4.66. The van der Waals surface area contributed by atoms with E-state index in [1.807, 2.05) is 6.92 Å². The van der Waals surface area contributed by atoms with Crippen molar-refractivity contribution in [1.82, 2.24) is 0 Å². The lowest BCUT2D eigenvalue weighted by Crippen LogP contribution is -2.60. The van der Waals surface area contributed by atoms with Gasteiger partial charge in [-0.15, -0.1) is 0 Å². The molecule has 1 aromatic carbocycles. The van der Waals surface area contributed by atoms with Gasteiger partial charge in [-0.05, 0) is 18.6 Å². The van der Waals surface area contributed by atoms with Crippen molar-refractivity contribution in [2.45, 2.75) is 50.5 Å². The van der Waals surface area contributed by atoms with Gasteiger partial charge in [0.1, 0.15) is 35.7 Å². The molecule has 2 heterocycles. The second-order valence-electron chi connectivity index (χ2n) is 6.74. The molecule has 0 aliphatic carbocycles. The Morgan fingerprint density at radius 3 is 2.59 bits per heavy atom. The molecular weight excluding hydrogens is 388 g/mol. The van der Waals surface area contributed by atoms with Gasteiger partial charge >= 0.3 is 5.63 Å². The van der Waals surface area contributed by atoms with Crippen LogP contribution in [0.1, 0.15) is 19.8 Å². The van der Waals surface area contributed by atoms with Crippen molar-refractivity contribution >= 4 is 11.0 Å². The largest absolute Gasteiger partial charge is 0.504 e. The van der Waals surface area contributed by atoms with Crippen LogP contribution in [0, 0.1) is 0 Å². The molecule has 1 saturated heterocycles. The summed E-state index contributed by atoms with van der Waals surface area (Å²) in [4.78, 5) is 12.3. The summed E-state index contributed by atoms with van der Waals surface area (Å²) in [5.74, 6) is -0.717. The Morgan fingerprint density at radius 2 is 1.90 bits per heavy atom. The number of benzene rings is 1. The number of rotatable bonds is 7. The Hall–Kier alpha value is -2.37. The monoisotopic (exact) mass is 412 g/mol. The molecule has 2 aromatic rings. The molecule has 10 nitrogen and oxygen atoms in total. The second kappa shape index (κ2) is 8.97. The molecule has 1 aliphatic rings. The number of fused-ring (bicyclic) bond motifs is 1. The van der Waals surface area contributed by atoms with E-state index in [0.29, 0.717) is 12.4 Å². The molecule has 0 spiro atoms. The molecule has 0 radical (unpaired) electrons. The molecule has 3 rings (SSSR count). The smallest absolute Gasteiger partial charge is 0.383 e. The highest BCUT2D eigenvalue weighted by atomic mass is 16.7. The Labute approximate surface area is 165 Å². The summed E-state index contributed by atoms with van der Waals surface area (Å²) in [6.45, 7) is 1.86. The Morgan fingerprint density at radius 1 is 1.14 bits per heavy atom. The number of aliphatic hydroxyl groups is 4. The topological polar surface area (TPSA) is 159 Å². The third-order valence-corrected chi connectivity index (χ3v) is 4.66.